The molecule has 0 N–H and O–H groups in total. The van der Waals surface area contributed by atoms with Gasteiger partial charge in [-0.1, -0.05) is 46.3 Å². The maximum Gasteiger partial charge on any atom is 0.126 e. The summed E-state index contributed by atoms with van der Waals surface area (Å²) in [5.41, 5.74) is 0. The molecule has 0 radical (unpaired) electrons. The molecule has 0 spiro atoms. The highest BCUT2D eigenvalue weighted by atomic mass is 79.9. The van der Waals surface area contributed by atoms with E-state index in [-0.39, 0.29) is 0 Å². The first-order valence-electron chi connectivity index (χ1n) is 6.19. The zero-order chi connectivity index (χ0) is 13.0. The van der Waals surface area contributed by atoms with Crippen LogP contribution >= 0.6 is 15.9 Å². The molecule has 1 nitrogen and oxygen atoms in total. The van der Waals surface area contributed by atoms with Crippen molar-refractivity contribution in [3.05, 3.63) is 53.0 Å². The zero-order valence-electron chi connectivity index (χ0n) is 10.4. The van der Waals surface area contributed by atoms with Crippen molar-refractivity contribution in [3.63, 3.8) is 0 Å². The first-order valence-corrected chi connectivity index (χ1v) is 6.99. The Hall–Kier alpha value is -1.80. The summed E-state index contributed by atoms with van der Waals surface area (Å²) in [6.45, 7) is 0. The highest BCUT2D eigenvalue weighted by molar-refractivity contribution is 9.10. The predicted octanol–water partition coefficient (Wildman–Crippen LogP) is 5.36. The smallest absolute Gasteiger partial charge is 0.126 e. The van der Waals surface area contributed by atoms with Gasteiger partial charge in [0.05, 0.1) is 7.11 Å². The van der Waals surface area contributed by atoms with E-state index in [1.807, 2.05) is 6.07 Å². The Bertz CT molecular complexity index is 911. The number of halogens is 1. The Kier molecular flexibility index (Phi) is 2.24. The highest BCUT2D eigenvalue weighted by Crippen LogP contribution is 2.40. The molecule has 0 aliphatic heterocycles. The number of ether oxygens (including phenoxy) is 1. The normalized spacial score (nSPS) is 11.7. The van der Waals surface area contributed by atoms with Crippen molar-refractivity contribution in [2.24, 2.45) is 0 Å². The van der Waals surface area contributed by atoms with E-state index in [0.29, 0.717) is 0 Å². The van der Waals surface area contributed by atoms with Crippen LogP contribution in [0.15, 0.2) is 53.0 Å². The molecule has 0 heterocycles. The summed E-state index contributed by atoms with van der Waals surface area (Å²) >= 11 is 3.65. The molecule has 19 heavy (non-hydrogen) atoms. The Morgan fingerprint density at radius 2 is 1.32 bits per heavy atom. The number of benzene rings is 4. The third-order valence-corrected chi connectivity index (χ3v) is 4.48. The standard InChI is InChI=1S/C17H11BrO/c1-19-15-9-5-11-2-6-12-14(18)8-4-10-3-7-13(15)17(11)16(10)12/h2-9H,1H3. The second-order valence-electron chi connectivity index (χ2n) is 4.74. The van der Waals surface area contributed by atoms with Crippen LogP contribution in [0.2, 0.25) is 0 Å². The zero-order valence-corrected chi connectivity index (χ0v) is 12.0. The third kappa shape index (κ3) is 1.41. The van der Waals surface area contributed by atoms with Gasteiger partial charge in [-0.3, -0.25) is 0 Å². The van der Waals surface area contributed by atoms with E-state index in [2.05, 4.69) is 58.4 Å². The molecule has 4 aromatic rings. The SMILES string of the molecule is COc1ccc2ccc3c(Br)ccc4ccc1c2c43. The molecule has 0 amide bonds. The van der Waals surface area contributed by atoms with Gasteiger partial charge in [0, 0.05) is 15.2 Å². The van der Waals surface area contributed by atoms with E-state index < -0.39 is 0 Å². The molecule has 0 saturated carbocycles. The lowest BCUT2D eigenvalue weighted by atomic mass is 9.94. The van der Waals surface area contributed by atoms with Crippen LogP contribution in [-0.4, -0.2) is 7.11 Å². The maximum absolute atomic E-state index is 5.49. The number of hydrogen-bond donors (Lipinski definition) is 0. The van der Waals surface area contributed by atoms with E-state index in [4.69, 9.17) is 4.74 Å². The average Bonchev–Trinajstić information content (AvgIpc) is 2.46. The van der Waals surface area contributed by atoms with Crippen molar-refractivity contribution in [2.75, 3.05) is 7.11 Å². The number of methoxy groups -OCH3 is 1. The van der Waals surface area contributed by atoms with Crippen LogP contribution in [0.4, 0.5) is 0 Å². The van der Waals surface area contributed by atoms with Crippen molar-refractivity contribution in [1.29, 1.82) is 0 Å². The summed E-state index contributed by atoms with van der Waals surface area (Å²) in [4.78, 5) is 0. The summed E-state index contributed by atoms with van der Waals surface area (Å²) in [6, 6.07) is 17.1. The van der Waals surface area contributed by atoms with Gasteiger partial charge in [-0.25, -0.2) is 0 Å². The Morgan fingerprint density at radius 3 is 2.05 bits per heavy atom. The molecule has 0 aliphatic carbocycles. The summed E-state index contributed by atoms with van der Waals surface area (Å²) in [6.07, 6.45) is 0. The van der Waals surface area contributed by atoms with Gasteiger partial charge in [0.15, 0.2) is 0 Å². The lowest BCUT2D eigenvalue weighted by Crippen LogP contribution is -1.88. The van der Waals surface area contributed by atoms with E-state index in [9.17, 15) is 0 Å². The largest absolute Gasteiger partial charge is 0.496 e. The molecule has 0 atom stereocenters. The molecule has 0 unspecified atom stereocenters. The van der Waals surface area contributed by atoms with Crippen molar-refractivity contribution < 1.29 is 4.74 Å². The molecular formula is C17H11BrO. The van der Waals surface area contributed by atoms with Crippen molar-refractivity contribution in [2.45, 2.75) is 0 Å². The highest BCUT2D eigenvalue weighted by Gasteiger charge is 2.12. The number of rotatable bonds is 1. The van der Waals surface area contributed by atoms with Crippen LogP contribution in [-0.2, 0) is 0 Å². The fraction of sp³-hybridized carbons (Fsp3) is 0.0588. The molecule has 0 bridgehead atoms. The monoisotopic (exact) mass is 310 g/mol. The summed E-state index contributed by atoms with van der Waals surface area (Å²) in [7, 11) is 1.72. The lowest BCUT2D eigenvalue weighted by molar-refractivity contribution is 0.420. The van der Waals surface area contributed by atoms with Gasteiger partial charge >= 0.3 is 0 Å². The molecule has 92 valence electrons. The third-order valence-electron chi connectivity index (χ3n) is 3.79. The van der Waals surface area contributed by atoms with Crippen LogP contribution < -0.4 is 4.74 Å². The van der Waals surface area contributed by atoms with Crippen molar-refractivity contribution >= 4 is 48.2 Å². The van der Waals surface area contributed by atoms with E-state index in [0.717, 1.165) is 10.2 Å². The van der Waals surface area contributed by atoms with Crippen LogP contribution in [0.1, 0.15) is 0 Å². The van der Waals surface area contributed by atoms with Crippen LogP contribution in [0, 0.1) is 0 Å². The minimum Gasteiger partial charge on any atom is -0.496 e. The topological polar surface area (TPSA) is 9.23 Å². The van der Waals surface area contributed by atoms with Gasteiger partial charge in [0.1, 0.15) is 5.75 Å². The fourth-order valence-corrected chi connectivity index (χ4v) is 3.38. The van der Waals surface area contributed by atoms with Gasteiger partial charge in [-0.2, -0.15) is 0 Å². The van der Waals surface area contributed by atoms with Crippen LogP contribution in [0.25, 0.3) is 32.3 Å². The molecule has 0 saturated heterocycles. The average molecular weight is 311 g/mol. The van der Waals surface area contributed by atoms with Crippen LogP contribution in [0.5, 0.6) is 5.75 Å². The molecule has 0 aliphatic rings. The molecule has 4 rings (SSSR count). The molecule has 4 aromatic carbocycles. The van der Waals surface area contributed by atoms with E-state index in [1.54, 1.807) is 7.11 Å². The second-order valence-corrected chi connectivity index (χ2v) is 5.59. The van der Waals surface area contributed by atoms with Crippen LogP contribution in [0.3, 0.4) is 0 Å². The van der Waals surface area contributed by atoms with Gasteiger partial charge < -0.3 is 4.74 Å². The number of hydrogen-bond acceptors (Lipinski definition) is 1. The minimum absolute atomic E-state index is 0.932. The molecular weight excluding hydrogens is 300 g/mol. The summed E-state index contributed by atoms with van der Waals surface area (Å²) in [5, 5.41) is 7.55. The maximum atomic E-state index is 5.49. The Morgan fingerprint density at radius 1 is 0.737 bits per heavy atom. The van der Waals surface area contributed by atoms with E-state index >= 15 is 0 Å². The molecule has 0 aromatic heterocycles. The van der Waals surface area contributed by atoms with Gasteiger partial charge in [0.25, 0.3) is 0 Å². The summed E-state index contributed by atoms with van der Waals surface area (Å²) in [5.74, 6) is 0.932. The Labute approximate surface area is 119 Å². The van der Waals surface area contributed by atoms with Gasteiger partial charge in [0.2, 0.25) is 0 Å². The predicted molar refractivity (Wildman–Crippen MR) is 84.4 cm³/mol. The summed E-state index contributed by atoms with van der Waals surface area (Å²) < 4.78 is 6.63. The first-order chi connectivity index (χ1) is 9.29. The quantitative estimate of drug-likeness (QED) is 0.430. The van der Waals surface area contributed by atoms with Gasteiger partial charge in [-0.05, 0) is 39.7 Å². The second kappa shape index (κ2) is 3.84. The Balaban J connectivity index is 2.39. The molecule has 0 fully saturated rings. The van der Waals surface area contributed by atoms with Crippen molar-refractivity contribution in [3.8, 4) is 5.75 Å². The van der Waals surface area contributed by atoms with Crippen molar-refractivity contribution in [1.82, 2.24) is 0 Å². The van der Waals surface area contributed by atoms with Gasteiger partial charge in [-0.15, -0.1) is 0 Å². The molecule has 2 heteroatoms. The van der Waals surface area contributed by atoms with E-state index in [1.165, 1.54) is 32.3 Å². The lowest BCUT2D eigenvalue weighted by Gasteiger charge is -2.13. The fourth-order valence-electron chi connectivity index (χ4n) is 2.92. The first kappa shape index (κ1) is 11.1. The minimum atomic E-state index is 0.932.